The minimum absolute atomic E-state index is 0.0562. The largest absolute Gasteiger partial charge is 0.467 e. The highest BCUT2D eigenvalue weighted by molar-refractivity contribution is 7.98. The van der Waals surface area contributed by atoms with Crippen LogP contribution in [0.5, 0.6) is 0 Å². The molecule has 0 heterocycles. The van der Waals surface area contributed by atoms with E-state index in [0.29, 0.717) is 30.8 Å². The summed E-state index contributed by atoms with van der Waals surface area (Å²) in [4.78, 5) is 24.7. The van der Waals surface area contributed by atoms with E-state index in [1.165, 1.54) is 23.5 Å². The number of benzene rings is 1. The van der Waals surface area contributed by atoms with Crippen molar-refractivity contribution in [3.8, 4) is 0 Å². The molecule has 1 aromatic carbocycles. The molecule has 0 bridgehead atoms. The average molecular weight is 417 g/mol. The molecular weight excluding hydrogens is 388 g/mol. The summed E-state index contributed by atoms with van der Waals surface area (Å²) < 4.78 is 31.5. The number of methoxy groups -OCH3 is 1. The second-order valence-corrected chi connectivity index (χ2v) is 8.82. The smallest absolute Gasteiger partial charge is 0.328 e. The van der Waals surface area contributed by atoms with Gasteiger partial charge in [-0.1, -0.05) is 19.9 Å². The summed E-state index contributed by atoms with van der Waals surface area (Å²) in [6.07, 6.45) is 2.33. The number of rotatable bonds is 10. The third kappa shape index (κ3) is 5.95. The molecule has 1 amide bonds. The van der Waals surface area contributed by atoms with Crippen LogP contribution in [0.25, 0.3) is 0 Å². The third-order valence-corrected chi connectivity index (χ3v) is 6.89. The molecule has 1 N–H and O–H groups in total. The zero-order chi connectivity index (χ0) is 20.6. The van der Waals surface area contributed by atoms with Crippen LogP contribution < -0.4 is 5.32 Å². The number of nitrogens with zero attached hydrogens (tertiary/aromatic N) is 1. The van der Waals surface area contributed by atoms with E-state index >= 15 is 0 Å². The highest BCUT2D eigenvalue weighted by atomic mass is 32.2. The van der Waals surface area contributed by atoms with Gasteiger partial charge in [-0.25, -0.2) is 13.2 Å². The van der Waals surface area contributed by atoms with Crippen molar-refractivity contribution in [2.45, 2.75) is 38.1 Å². The van der Waals surface area contributed by atoms with E-state index in [9.17, 15) is 18.0 Å². The maximum atomic E-state index is 12.7. The van der Waals surface area contributed by atoms with Crippen LogP contribution in [0, 0.1) is 6.92 Å². The number of aryl methyl sites for hydroxylation is 1. The Morgan fingerprint density at radius 3 is 2.41 bits per heavy atom. The molecule has 1 atom stereocenters. The van der Waals surface area contributed by atoms with Crippen LogP contribution in [0.3, 0.4) is 0 Å². The Morgan fingerprint density at radius 1 is 1.26 bits per heavy atom. The van der Waals surface area contributed by atoms with Crippen LogP contribution in [-0.4, -0.2) is 62.8 Å². The first-order valence-electron chi connectivity index (χ1n) is 8.71. The summed E-state index contributed by atoms with van der Waals surface area (Å²) in [7, 11) is -2.41. The fourth-order valence-corrected chi connectivity index (χ4v) is 4.54. The van der Waals surface area contributed by atoms with Crippen LogP contribution >= 0.6 is 11.8 Å². The Kier molecular flexibility index (Phi) is 9.28. The number of ether oxygens (including phenoxy) is 1. The highest BCUT2D eigenvalue weighted by Crippen LogP contribution is 2.20. The molecule has 1 rings (SSSR count). The van der Waals surface area contributed by atoms with Crippen LogP contribution in [-0.2, 0) is 19.6 Å². The van der Waals surface area contributed by atoms with E-state index in [-0.39, 0.29) is 10.5 Å². The molecule has 7 nitrogen and oxygen atoms in total. The molecule has 0 fully saturated rings. The SMILES string of the molecule is CCN(CC)S(=O)(=O)c1ccc(C)c(C(=O)N[C@@H](CCSC)C(=O)OC)c1. The fraction of sp³-hybridized carbons (Fsp3) is 0.556. The van der Waals surface area contributed by atoms with Crippen molar-refractivity contribution in [2.75, 3.05) is 32.2 Å². The lowest BCUT2D eigenvalue weighted by molar-refractivity contribution is -0.142. The van der Waals surface area contributed by atoms with Crippen molar-refractivity contribution in [1.82, 2.24) is 9.62 Å². The molecule has 0 spiro atoms. The fourth-order valence-electron chi connectivity index (χ4n) is 2.58. The van der Waals surface area contributed by atoms with Gasteiger partial charge in [0.2, 0.25) is 10.0 Å². The minimum Gasteiger partial charge on any atom is -0.467 e. The normalized spacial score (nSPS) is 12.7. The molecule has 27 heavy (non-hydrogen) atoms. The quantitative estimate of drug-likeness (QED) is 0.587. The Balaban J connectivity index is 3.18. The standard InChI is InChI=1S/C18H28N2O5S2/c1-6-20(7-2)27(23,24)14-9-8-13(3)15(12-14)17(21)19-16(10-11-26-5)18(22)25-4/h8-9,12,16H,6-7,10-11H2,1-5H3,(H,19,21)/t16-/m0/s1. The van der Waals surface area contributed by atoms with Gasteiger partial charge in [-0.2, -0.15) is 16.1 Å². The van der Waals surface area contributed by atoms with Crippen LogP contribution in [0.4, 0.5) is 0 Å². The van der Waals surface area contributed by atoms with Gasteiger partial charge in [-0.3, -0.25) is 4.79 Å². The number of amides is 1. The molecule has 1 aromatic rings. The molecule has 0 aliphatic carbocycles. The highest BCUT2D eigenvalue weighted by Gasteiger charge is 2.26. The number of carbonyl (C=O) groups is 2. The number of hydrogen-bond acceptors (Lipinski definition) is 6. The molecule has 152 valence electrons. The van der Waals surface area contributed by atoms with Crippen molar-refractivity contribution < 1.29 is 22.7 Å². The lowest BCUT2D eigenvalue weighted by atomic mass is 10.1. The van der Waals surface area contributed by atoms with Gasteiger partial charge in [0.15, 0.2) is 0 Å². The lowest BCUT2D eigenvalue weighted by Gasteiger charge is -2.20. The van der Waals surface area contributed by atoms with E-state index in [0.717, 1.165) is 0 Å². The summed E-state index contributed by atoms with van der Waals surface area (Å²) in [5.74, 6) is -0.349. The molecule has 0 saturated heterocycles. The van der Waals surface area contributed by atoms with Crippen molar-refractivity contribution in [1.29, 1.82) is 0 Å². The van der Waals surface area contributed by atoms with Gasteiger partial charge in [0.25, 0.3) is 5.91 Å². The van der Waals surface area contributed by atoms with Crippen molar-refractivity contribution in [2.24, 2.45) is 0 Å². The van der Waals surface area contributed by atoms with Gasteiger partial charge in [0.1, 0.15) is 6.04 Å². The molecule has 9 heteroatoms. The number of nitrogens with one attached hydrogen (secondary N) is 1. The van der Waals surface area contributed by atoms with E-state index in [1.807, 2.05) is 6.26 Å². The minimum atomic E-state index is -3.68. The van der Waals surface area contributed by atoms with E-state index in [1.54, 1.807) is 38.6 Å². The summed E-state index contributed by atoms with van der Waals surface area (Å²) in [5.41, 5.74) is 0.848. The number of sulfonamides is 1. The third-order valence-electron chi connectivity index (χ3n) is 4.20. The maximum Gasteiger partial charge on any atom is 0.328 e. The summed E-state index contributed by atoms with van der Waals surface area (Å²) in [6, 6.07) is 3.67. The second-order valence-electron chi connectivity index (χ2n) is 5.90. The van der Waals surface area contributed by atoms with Gasteiger partial charge < -0.3 is 10.1 Å². The first kappa shape index (κ1) is 23.5. The molecule has 0 radical (unpaired) electrons. The van der Waals surface area contributed by atoms with Crippen LogP contribution in [0.2, 0.25) is 0 Å². The zero-order valence-electron chi connectivity index (χ0n) is 16.4. The maximum absolute atomic E-state index is 12.7. The Labute approximate surface area is 165 Å². The number of hydrogen-bond donors (Lipinski definition) is 1. The van der Waals surface area contributed by atoms with Crippen molar-refractivity contribution in [3.63, 3.8) is 0 Å². The monoisotopic (exact) mass is 416 g/mol. The van der Waals surface area contributed by atoms with Crippen LogP contribution in [0.1, 0.15) is 36.2 Å². The molecule has 0 aliphatic rings. The molecule has 0 unspecified atom stereocenters. The summed E-state index contributed by atoms with van der Waals surface area (Å²) in [5, 5.41) is 2.66. The zero-order valence-corrected chi connectivity index (χ0v) is 18.1. The predicted molar refractivity (Wildman–Crippen MR) is 108 cm³/mol. The first-order valence-corrected chi connectivity index (χ1v) is 11.5. The molecule has 0 aliphatic heterocycles. The topological polar surface area (TPSA) is 92.8 Å². The van der Waals surface area contributed by atoms with Gasteiger partial charge in [0, 0.05) is 18.7 Å². The average Bonchev–Trinajstić information content (AvgIpc) is 2.65. The number of carbonyl (C=O) groups excluding carboxylic acids is 2. The van der Waals surface area contributed by atoms with Gasteiger partial charge in [-0.15, -0.1) is 0 Å². The number of thioether (sulfide) groups is 1. The molecular formula is C18H28N2O5S2. The second kappa shape index (κ2) is 10.7. The Morgan fingerprint density at radius 2 is 1.89 bits per heavy atom. The lowest BCUT2D eigenvalue weighted by Crippen LogP contribution is -2.42. The Bertz CT molecular complexity index is 761. The van der Waals surface area contributed by atoms with Gasteiger partial charge >= 0.3 is 5.97 Å². The summed E-state index contributed by atoms with van der Waals surface area (Å²) >= 11 is 1.55. The van der Waals surface area contributed by atoms with Crippen molar-refractivity contribution in [3.05, 3.63) is 29.3 Å². The van der Waals surface area contributed by atoms with Crippen molar-refractivity contribution >= 4 is 33.7 Å². The van der Waals surface area contributed by atoms with E-state index < -0.39 is 27.9 Å². The Hall–Kier alpha value is -1.58. The predicted octanol–water partition coefficient (Wildman–Crippen LogP) is 2.05. The van der Waals surface area contributed by atoms with E-state index in [2.05, 4.69) is 5.32 Å². The number of esters is 1. The summed E-state index contributed by atoms with van der Waals surface area (Å²) in [6.45, 7) is 5.92. The van der Waals surface area contributed by atoms with Gasteiger partial charge in [0.05, 0.1) is 12.0 Å². The van der Waals surface area contributed by atoms with Crippen LogP contribution in [0.15, 0.2) is 23.1 Å². The molecule has 0 saturated carbocycles. The van der Waals surface area contributed by atoms with Gasteiger partial charge in [-0.05, 0) is 43.0 Å². The first-order chi connectivity index (χ1) is 12.7. The van der Waals surface area contributed by atoms with E-state index in [4.69, 9.17) is 4.74 Å². The molecule has 0 aromatic heterocycles.